The van der Waals surface area contributed by atoms with Crippen molar-refractivity contribution >= 4 is 38.9 Å². The van der Waals surface area contributed by atoms with Gasteiger partial charge in [-0.3, -0.25) is 4.79 Å². The monoisotopic (exact) mass is 391 g/mol. The summed E-state index contributed by atoms with van der Waals surface area (Å²) < 4.78 is 0.756. The molecule has 0 saturated heterocycles. The zero-order valence-electron chi connectivity index (χ0n) is 13.2. The minimum Gasteiger partial charge on any atom is -0.356 e. The van der Waals surface area contributed by atoms with Crippen molar-refractivity contribution in [2.45, 2.75) is 0 Å². The highest BCUT2D eigenvalue weighted by Gasteiger charge is 2.09. The fourth-order valence-electron chi connectivity index (χ4n) is 2.28. The van der Waals surface area contributed by atoms with Gasteiger partial charge in [0.25, 0.3) is 5.91 Å². The number of nitrogens with zero attached hydrogens (tertiary/aromatic N) is 1. The number of carbonyl (C=O) groups is 1. The third-order valence-electron chi connectivity index (χ3n) is 3.56. The molecular formula is C20H14BrN3O. The summed E-state index contributed by atoms with van der Waals surface area (Å²) in [6, 6.07) is 24.0. The predicted octanol–water partition coefficient (Wildman–Crippen LogP) is 5.32. The summed E-state index contributed by atoms with van der Waals surface area (Å²) in [4.78, 5) is 12.3. The van der Waals surface area contributed by atoms with E-state index in [0.29, 0.717) is 16.8 Å². The van der Waals surface area contributed by atoms with Crippen LogP contribution < -0.4 is 10.6 Å². The fraction of sp³-hybridized carbons (Fsp3) is 0. The fourth-order valence-corrected chi connectivity index (χ4v) is 2.74. The number of hydrogen-bond acceptors (Lipinski definition) is 3. The minimum absolute atomic E-state index is 0.166. The third-order valence-corrected chi connectivity index (χ3v) is 4.26. The molecule has 1 amide bonds. The van der Waals surface area contributed by atoms with Crippen molar-refractivity contribution in [1.82, 2.24) is 0 Å². The molecule has 4 nitrogen and oxygen atoms in total. The van der Waals surface area contributed by atoms with E-state index >= 15 is 0 Å². The second-order valence-electron chi connectivity index (χ2n) is 5.33. The minimum atomic E-state index is -0.166. The van der Waals surface area contributed by atoms with Gasteiger partial charge in [0.15, 0.2) is 0 Å². The lowest BCUT2D eigenvalue weighted by Gasteiger charge is -2.09. The van der Waals surface area contributed by atoms with Gasteiger partial charge < -0.3 is 10.6 Å². The largest absolute Gasteiger partial charge is 0.356 e. The smallest absolute Gasteiger partial charge is 0.256 e. The molecule has 0 aliphatic heterocycles. The molecule has 0 aliphatic rings. The third kappa shape index (κ3) is 4.25. The Morgan fingerprint density at radius 2 is 1.40 bits per heavy atom. The first kappa shape index (κ1) is 16.7. The van der Waals surface area contributed by atoms with Gasteiger partial charge in [-0.2, -0.15) is 5.26 Å². The molecular weight excluding hydrogens is 378 g/mol. The van der Waals surface area contributed by atoms with E-state index in [0.717, 1.165) is 15.8 Å². The molecule has 2 N–H and O–H groups in total. The molecule has 25 heavy (non-hydrogen) atoms. The Balaban J connectivity index is 1.67. The molecule has 3 aromatic carbocycles. The van der Waals surface area contributed by atoms with Crippen LogP contribution in [0, 0.1) is 11.3 Å². The molecule has 0 atom stereocenters. The van der Waals surface area contributed by atoms with Crippen LogP contribution in [0.15, 0.2) is 77.3 Å². The second kappa shape index (κ2) is 7.65. The summed E-state index contributed by atoms with van der Waals surface area (Å²) in [5, 5.41) is 14.9. The van der Waals surface area contributed by atoms with Gasteiger partial charge in [0.05, 0.1) is 17.2 Å². The van der Waals surface area contributed by atoms with Crippen molar-refractivity contribution < 1.29 is 4.79 Å². The molecule has 0 fully saturated rings. The molecule has 0 unspecified atom stereocenters. The van der Waals surface area contributed by atoms with Crippen LogP contribution in [-0.4, -0.2) is 5.91 Å². The zero-order valence-corrected chi connectivity index (χ0v) is 14.7. The summed E-state index contributed by atoms with van der Waals surface area (Å²) in [5.74, 6) is -0.166. The summed E-state index contributed by atoms with van der Waals surface area (Å²) in [6.45, 7) is 0. The predicted molar refractivity (Wildman–Crippen MR) is 103 cm³/mol. The lowest BCUT2D eigenvalue weighted by molar-refractivity contribution is 0.102. The van der Waals surface area contributed by atoms with E-state index in [-0.39, 0.29) is 5.91 Å². The number of rotatable bonds is 4. The Morgan fingerprint density at radius 1 is 0.840 bits per heavy atom. The van der Waals surface area contributed by atoms with Crippen LogP contribution in [0.3, 0.4) is 0 Å². The molecule has 0 saturated carbocycles. The summed E-state index contributed by atoms with van der Waals surface area (Å²) in [7, 11) is 0. The first-order valence-electron chi connectivity index (χ1n) is 7.59. The average molecular weight is 392 g/mol. The lowest BCUT2D eigenvalue weighted by Crippen LogP contribution is -2.12. The molecule has 0 aromatic heterocycles. The Bertz CT molecular complexity index is 928. The molecule has 0 spiro atoms. The van der Waals surface area contributed by atoms with E-state index in [1.54, 1.807) is 18.2 Å². The molecule has 3 aromatic rings. The van der Waals surface area contributed by atoms with E-state index < -0.39 is 0 Å². The Labute approximate surface area is 154 Å². The standard InChI is InChI=1S/C20H14BrN3O/c21-19-4-2-1-3-18(19)20(25)24-17-11-9-16(10-12-17)23-15-7-5-14(13-22)6-8-15/h1-12,23H,(H,24,25). The number of halogens is 1. The molecule has 0 radical (unpaired) electrons. The van der Waals surface area contributed by atoms with E-state index in [4.69, 9.17) is 5.26 Å². The van der Waals surface area contributed by atoms with Crippen LogP contribution >= 0.6 is 15.9 Å². The second-order valence-corrected chi connectivity index (χ2v) is 6.18. The van der Waals surface area contributed by atoms with Crippen LogP contribution in [0.5, 0.6) is 0 Å². The SMILES string of the molecule is N#Cc1ccc(Nc2ccc(NC(=O)c3ccccc3Br)cc2)cc1. The molecule has 5 heteroatoms. The Hall–Kier alpha value is -3.10. The summed E-state index contributed by atoms with van der Waals surface area (Å²) in [6.07, 6.45) is 0. The summed E-state index contributed by atoms with van der Waals surface area (Å²) >= 11 is 3.38. The van der Waals surface area contributed by atoms with Gasteiger partial charge in [-0.1, -0.05) is 12.1 Å². The van der Waals surface area contributed by atoms with E-state index in [1.807, 2.05) is 54.6 Å². The maximum Gasteiger partial charge on any atom is 0.256 e. The van der Waals surface area contributed by atoms with Gasteiger partial charge in [0.1, 0.15) is 0 Å². The maximum atomic E-state index is 12.3. The maximum absolute atomic E-state index is 12.3. The summed E-state index contributed by atoms with van der Waals surface area (Å²) in [5.41, 5.74) is 3.71. The van der Waals surface area contributed by atoms with Crippen molar-refractivity contribution in [3.05, 3.63) is 88.4 Å². The van der Waals surface area contributed by atoms with Gasteiger partial charge in [0, 0.05) is 21.5 Å². The highest BCUT2D eigenvalue weighted by molar-refractivity contribution is 9.10. The Kier molecular flexibility index (Phi) is 5.12. The van der Waals surface area contributed by atoms with Crippen molar-refractivity contribution in [2.24, 2.45) is 0 Å². The first-order valence-corrected chi connectivity index (χ1v) is 8.38. The van der Waals surface area contributed by atoms with Crippen LogP contribution in [-0.2, 0) is 0 Å². The Morgan fingerprint density at radius 3 is 2.00 bits per heavy atom. The molecule has 3 rings (SSSR count). The van der Waals surface area contributed by atoms with Crippen LogP contribution in [0.25, 0.3) is 0 Å². The first-order chi connectivity index (χ1) is 12.2. The van der Waals surface area contributed by atoms with Gasteiger partial charge >= 0.3 is 0 Å². The van der Waals surface area contributed by atoms with Gasteiger partial charge in [-0.05, 0) is 76.6 Å². The molecule has 0 aliphatic carbocycles. The van der Waals surface area contributed by atoms with E-state index in [9.17, 15) is 4.79 Å². The van der Waals surface area contributed by atoms with Gasteiger partial charge in [-0.25, -0.2) is 0 Å². The molecule has 0 heterocycles. The van der Waals surface area contributed by atoms with Crippen LogP contribution in [0.1, 0.15) is 15.9 Å². The van der Waals surface area contributed by atoms with Crippen molar-refractivity contribution in [3.8, 4) is 6.07 Å². The topological polar surface area (TPSA) is 64.9 Å². The number of nitriles is 1. The lowest BCUT2D eigenvalue weighted by atomic mass is 10.2. The quantitative estimate of drug-likeness (QED) is 0.632. The van der Waals surface area contributed by atoms with Crippen LogP contribution in [0.2, 0.25) is 0 Å². The highest BCUT2D eigenvalue weighted by Crippen LogP contribution is 2.21. The number of hydrogen-bond donors (Lipinski definition) is 2. The number of anilines is 3. The van der Waals surface area contributed by atoms with E-state index in [2.05, 4.69) is 32.6 Å². The molecule has 122 valence electrons. The van der Waals surface area contributed by atoms with Gasteiger partial charge in [0.2, 0.25) is 0 Å². The van der Waals surface area contributed by atoms with Crippen molar-refractivity contribution in [3.63, 3.8) is 0 Å². The van der Waals surface area contributed by atoms with E-state index in [1.165, 1.54) is 0 Å². The number of nitrogens with one attached hydrogen (secondary N) is 2. The number of benzene rings is 3. The number of carbonyl (C=O) groups excluding carboxylic acids is 1. The van der Waals surface area contributed by atoms with Crippen LogP contribution in [0.4, 0.5) is 17.1 Å². The zero-order chi connectivity index (χ0) is 17.6. The molecule has 0 bridgehead atoms. The van der Waals surface area contributed by atoms with Crippen molar-refractivity contribution in [1.29, 1.82) is 5.26 Å². The average Bonchev–Trinajstić information content (AvgIpc) is 2.64. The number of amides is 1. The highest BCUT2D eigenvalue weighted by atomic mass is 79.9. The normalized spacial score (nSPS) is 9.92. The van der Waals surface area contributed by atoms with Gasteiger partial charge in [-0.15, -0.1) is 0 Å². The van der Waals surface area contributed by atoms with Crippen molar-refractivity contribution in [2.75, 3.05) is 10.6 Å².